The fraction of sp³-hybridized carbons (Fsp3) is 0.474. The molecule has 0 unspecified atom stereocenters. The summed E-state index contributed by atoms with van der Waals surface area (Å²) < 4.78 is 41.9. The maximum Gasteiger partial charge on any atom is 0.211 e. The number of nitrogens with one attached hydrogen (secondary N) is 2. The molecule has 1 aliphatic carbocycles. The highest BCUT2D eigenvalue weighted by Gasteiger charge is 2.24. The van der Waals surface area contributed by atoms with E-state index in [0.717, 1.165) is 43.6 Å². The number of hydrogen-bond donors (Lipinski definition) is 2. The van der Waals surface area contributed by atoms with Crippen molar-refractivity contribution in [3.63, 3.8) is 0 Å². The van der Waals surface area contributed by atoms with Crippen molar-refractivity contribution >= 4 is 15.7 Å². The molecule has 3 rings (SSSR count). The molecule has 2 N–H and O–H groups in total. The molecule has 0 bridgehead atoms. The van der Waals surface area contributed by atoms with Gasteiger partial charge in [-0.2, -0.15) is 0 Å². The van der Waals surface area contributed by atoms with Crippen LogP contribution in [0.5, 0.6) is 0 Å². The van der Waals surface area contributed by atoms with Gasteiger partial charge in [-0.1, -0.05) is 0 Å². The smallest absolute Gasteiger partial charge is 0.211 e. The lowest BCUT2D eigenvalue weighted by atomic mass is 9.86. The van der Waals surface area contributed by atoms with Gasteiger partial charge in [0.25, 0.3) is 0 Å². The van der Waals surface area contributed by atoms with Gasteiger partial charge in [0.15, 0.2) is 0 Å². The number of aromatic nitrogens is 1. The van der Waals surface area contributed by atoms with Gasteiger partial charge in [0.05, 0.1) is 5.75 Å². The lowest BCUT2D eigenvalue weighted by Gasteiger charge is -2.29. The van der Waals surface area contributed by atoms with Crippen LogP contribution in [0, 0.1) is 11.7 Å². The van der Waals surface area contributed by atoms with E-state index in [2.05, 4.69) is 10.0 Å². The normalized spacial score (nSPS) is 20.8. The predicted molar refractivity (Wildman–Crippen MR) is 103 cm³/mol. The molecular formula is C19H26FN3O2S. The summed E-state index contributed by atoms with van der Waals surface area (Å²) >= 11 is 0. The molecule has 0 radical (unpaired) electrons. The van der Waals surface area contributed by atoms with Crippen molar-refractivity contribution < 1.29 is 12.8 Å². The maximum absolute atomic E-state index is 13.9. The number of anilines is 1. The minimum atomic E-state index is -3.13. The van der Waals surface area contributed by atoms with Crippen LogP contribution in [0.4, 0.5) is 10.1 Å². The second-order valence-electron chi connectivity index (χ2n) is 6.91. The highest BCUT2D eigenvalue weighted by Crippen LogP contribution is 2.26. The molecule has 1 heterocycles. The fourth-order valence-electron chi connectivity index (χ4n) is 3.42. The Labute approximate surface area is 154 Å². The maximum atomic E-state index is 13.9. The highest BCUT2D eigenvalue weighted by molar-refractivity contribution is 7.89. The lowest BCUT2D eigenvalue weighted by Crippen LogP contribution is -2.39. The van der Waals surface area contributed by atoms with Crippen LogP contribution in [-0.2, 0) is 10.0 Å². The van der Waals surface area contributed by atoms with E-state index in [1.807, 2.05) is 35.2 Å². The van der Waals surface area contributed by atoms with E-state index in [4.69, 9.17) is 0 Å². The fourth-order valence-corrected chi connectivity index (χ4v) is 4.33. The molecule has 26 heavy (non-hydrogen) atoms. The van der Waals surface area contributed by atoms with Crippen molar-refractivity contribution in [1.29, 1.82) is 0 Å². The molecule has 1 fully saturated rings. The van der Waals surface area contributed by atoms with Crippen LogP contribution in [0.25, 0.3) is 5.69 Å². The van der Waals surface area contributed by atoms with Gasteiger partial charge in [-0.15, -0.1) is 0 Å². The summed E-state index contributed by atoms with van der Waals surface area (Å²) in [5.41, 5.74) is 1.55. The van der Waals surface area contributed by atoms with Crippen LogP contribution in [0.2, 0.25) is 0 Å². The van der Waals surface area contributed by atoms with Crippen molar-refractivity contribution in [2.24, 2.45) is 5.92 Å². The first kappa shape index (κ1) is 18.9. The first-order valence-corrected chi connectivity index (χ1v) is 10.8. The number of nitrogens with zero attached hydrogens (tertiary/aromatic N) is 1. The second kappa shape index (κ2) is 8.22. The monoisotopic (exact) mass is 379 g/mol. The van der Waals surface area contributed by atoms with Crippen molar-refractivity contribution in [3.05, 3.63) is 48.5 Å². The second-order valence-corrected chi connectivity index (χ2v) is 8.95. The van der Waals surface area contributed by atoms with E-state index < -0.39 is 10.0 Å². The van der Waals surface area contributed by atoms with Crippen LogP contribution in [0.3, 0.4) is 0 Å². The Kier molecular flexibility index (Phi) is 5.98. The summed E-state index contributed by atoms with van der Waals surface area (Å²) in [6.07, 6.45) is 7.40. The Morgan fingerprint density at radius 1 is 1.12 bits per heavy atom. The molecule has 0 atom stereocenters. The Morgan fingerprint density at radius 2 is 1.81 bits per heavy atom. The van der Waals surface area contributed by atoms with Crippen LogP contribution in [0.1, 0.15) is 32.6 Å². The molecule has 1 aromatic heterocycles. The number of hydrogen-bond acceptors (Lipinski definition) is 3. The average molecular weight is 380 g/mol. The van der Waals surface area contributed by atoms with Crippen molar-refractivity contribution in [2.75, 3.05) is 17.6 Å². The van der Waals surface area contributed by atoms with E-state index in [9.17, 15) is 12.8 Å². The van der Waals surface area contributed by atoms with Crippen LogP contribution in [0.15, 0.2) is 42.7 Å². The highest BCUT2D eigenvalue weighted by atomic mass is 32.2. The summed E-state index contributed by atoms with van der Waals surface area (Å²) in [6.45, 7) is 2.42. The third kappa shape index (κ3) is 5.08. The van der Waals surface area contributed by atoms with Crippen LogP contribution >= 0.6 is 0 Å². The molecule has 2 aromatic rings. The Bertz CT molecular complexity index is 813. The zero-order valence-corrected chi connectivity index (χ0v) is 15.8. The van der Waals surface area contributed by atoms with E-state index in [1.54, 1.807) is 6.92 Å². The summed E-state index contributed by atoms with van der Waals surface area (Å²) in [5, 5.41) is 3.34. The first-order chi connectivity index (χ1) is 12.4. The molecule has 5 nitrogen and oxygen atoms in total. The largest absolute Gasteiger partial charge is 0.385 e. The Hall–Kier alpha value is -1.86. The Balaban J connectivity index is 1.53. The lowest BCUT2D eigenvalue weighted by molar-refractivity contribution is 0.324. The van der Waals surface area contributed by atoms with E-state index in [0.29, 0.717) is 5.92 Å². The van der Waals surface area contributed by atoms with Gasteiger partial charge in [-0.3, -0.25) is 0 Å². The molecule has 0 amide bonds. The van der Waals surface area contributed by atoms with Gasteiger partial charge < -0.3 is 9.88 Å². The zero-order valence-electron chi connectivity index (χ0n) is 15.0. The van der Waals surface area contributed by atoms with Crippen molar-refractivity contribution in [1.82, 2.24) is 9.29 Å². The first-order valence-electron chi connectivity index (χ1n) is 9.13. The number of rotatable bonds is 7. The van der Waals surface area contributed by atoms with Crippen LogP contribution < -0.4 is 10.0 Å². The minimum Gasteiger partial charge on any atom is -0.385 e. The molecule has 0 saturated heterocycles. The molecular weight excluding hydrogens is 353 g/mol. The van der Waals surface area contributed by atoms with Crippen molar-refractivity contribution in [2.45, 2.75) is 38.6 Å². The SMILES string of the molecule is CCS(=O)(=O)NC1CCC(CNc2cc(F)cc(-n3cccc3)c2)CC1. The van der Waals surface area contributed by atoms with Crippen LogP contribution in [-0.4, -0.2) is 31.3 Å². The molecule has 1 saturated carbocycles. The predicted octanol–water partition coefficient (Wildman–Crippen LogP) is 3.53. The van der Waals surface area contributed by atoms with Gasteiger partial charge in [0, 0.05) is 36.4 Å². The van der Waals surface area contributed by atoms with E-state index >= 15 is 0 Å². The minimum absolute atomic E-state index is 0.0470. The zero-order chi connectivity index (χ0) is 18.6. The molecule has 7 heteroatoms. The molecule has 0 aliphatic heterocycles. The van der Waals surface area contributed by atoms with Gasteiger partial charge in [-0.05, 0) is 68.9 Å². The van der Waals surface area contributed by atoms with Gasteiger partial charge in [-0.25, -0.2) is 17.5 Å². The van der Waals surface area contributed by atoms with E-state index in [-0.39, 0.29) is 17.6 Å². The summed E-state index contributed by atoms with van der Waals surface area (Å²) in [7, 11) is -3.13. The average Bonchev–Trinajstić information content (AvgIpc) is 3.15. The summed E-state index contributed by atoms with van der Waals surface area (Å²) in [5.74, 6) is 0.324. The van der Waals surface area contributed by atoms with Gasteiger partial charge in [0.2, 0.25) is 10.0 Å². The van der Waals surface area contributed by atoms with Gasteiger partial charge in [0.1, 0.15) is 5.82 Å². The summed E-state index contributed by atoms with van der Waals surface area (Å²) in [6, 6.07) is 8.81. The number of halogens is 1. The summed E-state index contributed by atoms with van der Waals surface area (Å²) in [4.78, 5) is 0. The van der Waals surface area contributed by atoms with Gasteiger partial charge >= 0.3 is 0 Å². The molecule has 0 spiro atoms. The molecule has 1 aliphatic rings. The third-order valence-electron chi connectivity index (χ3n) is 4.95. The third-order valence-corrected chi connectivity index (χ3v) is 6.41. The molecule has 142 valence electrons. The Morgan fingerprint density at radius 3 is 2.46 bits per heavy atom. The number of benzene rings is 1. The van der Waals surface area contributed by atoms with Crippen molar-refractivity contribution in [3.8, 4) is 5.69 Å². The van der Waals surface area contributed by atoms with E-state index in [1.165, 1.54) is 12.1 Å². The quantitative estimate of drug-likeness (QED) is 0.774. The molecule has 1 aromatic carbocycles. The standard InChI is InChI=1S/C19H26FN3O2S/c1-2-26(24,25)22-17-7-5-15(6-8-17)14-21-18-11-16(20)12-19(13-18)23-9-3-4-10-23/h3-4,9-13,15,17,21-22H,2,5-8,14H2,1H3. The number of sulfonamides is 1. The topological polar surface area (TPSA) is 63.1 Å².